The van der Waals surface area contributed by atoms with Crippen LogP contribution in [0.4, 0.5) is 0 Å². The molecule has 3 rings (SSSR count). The Morgan fingerprint density at radius 1 is 1.10 bits per heavy atom. The molecule has 2 heterocycles. The van der Waals surface area contributed by atoms with Gasteiger partial charge < -0.3 is 4.57 Å². The van der Waals surface area contributed by atoms with Gasteiger partial charge in [0.25, 0.3) is 0 Å². The van der Waals surface area contributed by atoms with E-state index >= 15 is 0 Å². The van der Waals surface area contributed by atoms with Crippen LogP contribution >= 0.6 is 57.7 Å². The summed E-state index contributed by atoms with van der Waals surface area (Å²) in [5, 5.41) is 1.03. The molecule has 0 saturated heterocycles. The van der Waals surface area contributed by atoms with Crippen LogP contribution in [-0.4, -0.2) is 15.4 Å². The lowest BCUT2D eigenvalue weighted by atomic mass is 10.3. The predicted molar refractivity (Wildman–Crippen MR) is 92.6 cm³/mol. The van der Waals surface area contributed by atoms with E-state index in [9.17, 15) is 0 Å². The molecular weight excluding hydrogens is 370 g/mol. The van der Waals surface area contributed by atoms with Crippen molar-refractivity contribution in [3.05, 3.63) is 49.3 Å². The molecule has 0 N–H and O–H groups in total. The highest BCUT2D eigenvalue weighted by Crippen LogP contribution is 2.30. The molecule has 2 nitrogen and oxygen atoms in total. The van der Waals surface area contributed by atoms with Crippen LogP contribution in [0.3, 0.4) is 0 Å². The second kappa shape index (κ2) is 6.35. The summed E-state index contributed by atoms with van der Waals surface area (Å²) in [6.45, 7) is 0.693. The number of imidazole rings is 1. The molecule has 1 aromatic carbocycles. The molecular formula is C14H10Cl4N2S. The number of hydrogen-bond acceptors (Lipinski definition) is 2. The van der Waals surface area contributed by atoms with Gasteiger partial charge in [-0.1, -0.05) is 34.8 Å². The number of rotatable bonds is 4. The highest BCUT2D eigenvalue weighted by molar-refractivity contribution is 7.16. The van der Waals surface area contributed by atoms with Gasteiger partial charge in [0, 0.05) is 17.2 Å². The maximum atomic E-state index is 6.14. The number of thiophene rings is 1. The largest absolute Gasteiger partial charge is 0.323 e. The lowest BCUT2D eigenvalue weighted by Gasteiger charge is -2.07. The van der Waals surface area contributed by atoms with Gasteiger partial charge in [0.15, 0.2) is 0 Å². The van der Waals surface area contributed by atoms with Gasteiger partial charge in [0.1, 0.15) is 5.82 Å². The van der Waals surface area contributed by atoms with Crippen molar-refractivity contribution in [2.75, 3.05) is 5.88 Å². The minimum absolute atomic E-state index is 0.505. The summed E-state index contributed by atoms with van der Waals surface area (Å²) in [4.78, 5) is 5.77. The summed E-state index contributed by atoms with van der Waals surface area (Å²) < 4.78 is 2.89. The third kappa shape index (κ3) is 3.17. The molecule has 0 aliphatic rings. The Morgan fingerprint density at radius 3 is 2.52 bits per heavy atom. The Balaban J connectivity index is 2.12. The first-order valence-electron chi connectivity index (χ1n) is 6.23. The minimum atomic E-state index is 0.505. The summed E-state index contributed by atoms with van der Waals surface area (Å²) in [5.41, 5.74) is 1.78. The monoisotopic (exact) mass is 378 g/mol. The van der Waals surface area contributed by atoms with Crippen LogP contribution in [0.5, 0.6) is 0 Å². The van der Waals surface area contributed by atoms with Gasteiger partial charge in [-0.25, -0.2) is 4.98 Å². The van der Waals surface area contributed by atoms with Gasteiger partial charge in [-0.2, -0.15) is 0 Å². The zero-order chi connectivity index (χ0) is 15.0. The number of hydrogen-bond donors (Lipinski definition) is 0. The number of aromatic nitrogens is 2. The third-order valence-electron chi connectivity index (χ3n) is 3.13. The standard InChI is InChI=1S/C14H10Cl4N2S/c15-4-3-14-19-11-5-9(16)10(17)6-12(11)20(14)7-8-1-2-13(18)21-8/h1-2,5-6H,3-4,7H2. The van der Waals surface area contributed by atoms with E-state index in [0.717, 1.165) is 26.1 Å². The second-order valence-corrected chi connectivity index (χ2v) is 7.51. The molecule has 0 fully saturated rings. The Hall–Kier alpha value is -0.450. The van der Waals surface area contributed by atoms with E-state index in [1.54, 1.807) is 17.4 Å². The zero-order valence-corrected chi connectivity index (χ0v) is 14.6. The van der Waals surface area contributed by atoms with E-state index in [2.05, 4.69) is 9.55 Å². The smallest absolute Gasteiger partial charge is 0.111 e. The SMILES string of the molecule is ClCCc1nc2cc(Cl)c(Cl)cc2n1Cc1ccc(Cl)s1. The third-order valence-corrected chi connectivity index (χ3v) is 5.26. The molecule has 0 radical (unpaired) electrons. The molecule has 3 aromatic rings. The normalized spacial score (nSPS) is 11.4. The van der Waals surface area contributed by atoms with Crippen molar-refractivity contribution in [1.29, 1.82) is 0 Å². The van der Waals surface area contributed by atoms with Crippen molar-refractivity contribution >= 4 is 68.8 Å². The van der Waals surface area contributed by atoms with Crippen LogP contribution < -0.4 is 0 Å². The average molecular weight is 380 g/mol. The maximum Gasteiger partial charge on any atom is 0.111 e. The molecule has 0 amide bonds. The molecule has 0 saturated carbocycles. The van der Waals surface area contributed by atoms with Crippen molar-refractivity contribution < 1.29 is 0 Å². The molecule has 0 bridgehead atoms. The minimum Gasteiger partial charge on any atom is -0.323 e. The molecule has 7 heteroatoms. The van der Waals surface area contributed by atoms with E-state index < -0.39 is 0 Å². The number of alkyl halides is 1. The number of aryl methyl sites for hydroxylation is 1. The lowest BCUT2D eigenvalue weighted by molar-refractivity contribution is 0.763. The summed E-state index contributed by atoms with van der Waals surface area (Å²) >= 11 is 25.6. The summed E-state index contributed by atoms with van der Waals surface area (Å²) in [6, 6.07) is 7.54. The van der Waals surface area contributed by atoms with E-state index in [1.165, 1.54) is 0 Å². The number of halogens is 4. The van der Waals surface area contributed by atoms with E-state index in [0.29, 0.717) is 28.9 Å². The molecule has 110 valence electrons. The van der Waals surface area contributed by atoms with Crippen LogP contribution in [0.1, 0.15) is 10.7 Å². The van der Waals surface area contributed by atoms with Gasteiger partial charge in [-0.15, -0.1) is 22.9 Å². The fourth-order valence-electron chi connectivity index (χ4n) is 2.21. The van der Waals surface area contributed by atoms with Gasteiger partial charge in [0.2, 0.25) is 0 Å². The van der Waals surface area contributed by atoms with Gasteiger partial charge in [0.05, 0.1) is 32.0 Å². The van der Waals surface area contributed by atoms with E-state index in [4.69, 9.17) is 46.4 Å². The quantitative estimate of drug-likeness (QED) is 0.517. The lowest BCUT2D eigenvalue weighted by Crippen LogP contribution is -2.04. The maximum absolute atomic E-state index is 6.14. The van der Waals surface area contributed by atoms with Crippen molar-refractivity contribution in [3.63, 3.8) is 0 Å². The zero-order valence-electron chi connectivity index (χ0n) is 10.7. The molecule has 0 spiro atoms. The summed E-state index contributed by atoms with van der Waals surface area (Å²) in [7, 11) is 0. The molecule has 0 aliphatic heterocycles. The predicted octanol–water partition coefficient (Wildman–Crippen LogP) is 5.89. The average Bonchev–Trinajstić information content (AvgIpc) is 2.97. The molecule has 2 aromatic heterocycles. The Bertz CT molecular complexity index is 794. The van der Waals surface area contributed by atoms with Crippen molar-refractivity contribution in [2.45, 2.75) is 13.0 Å². The highest BCUT2D eigenvalue weighted by Gasteiger charge is 2.14. The Kier molecular flexibility index (Phi) is 4.67. The fraction of sp³-hybridized carbons (Fsp3) is 0.214. The molecule has 0 atom stereocenters. The fourth-order valence-corrected chi connectivity index (χ4v) is 3.78. The van der Waals surface area contributed by atoms with Gasteiger partial charge in [-0.05, 0) is 24.3 Å². The van der Waals surface area contributed by atoms with Crippen molar-refractivity contribution in [2.24, 2.45) is 0 Å². The summed E-state index contributed by atoms with van der Waals surface area (Å²) in [6.07, 6.45) is 0.685. The first-order chi connectivity index (χ1) is 10.1. The van der Waals surface area contributed by atoms with Gasteiger partial charge in [-0.3, -0.25) is 0 Å². The highest BCUT2D eigenvalue weighted by atomic mass is 35.5. The number of fused-ring (bicyclic) bond motifs is 1. The van der Waals surface area contributed by atoms with Crippen LogP contribution in [0.2, 0.25) is 14.4 Å². The van der Waals surface area contributed by atoms with Crippen molar-refractivity contribution in [3.8, 4) is 0 Å². The van der Waals surface area contributed by atoms with E-state index in [-0.39, 0.29) is 0 Å². The molecule has 0 aliphatic carbocycles. The molecule has 21 heavy (non-hydrogen) atoms. The summed E-state index contributed by atoms with van der Waals surface area (Å²) in [5.74, 6) is 1.43. The van der Waals surface area contributed by atoms with Crippen LogP contribution in [0.25, 0.3) is 11.0 Å². The van der Waals surface area contributed by atoms with E-state index in [1.807, 2.05) is 18.2 Å². The van der Waals surface area contributed by atoms with Crippen LogP contribution in [-0.2, 0) is 13.0 Å². The number of nitrogens with zero attached hydrogens (tertiary/aromatic N) is 2. The van der Waals surface area contributed by atoms with Crippen molar-refractivity contribution in [1.82, 2.24) is 9.55 Å². The molecule has 0 unspecified atom stereocenters. The van der Waals surface area contributed by atoms with Crippen LogP contribution in [0.15, 0.2) is 24.3 Å². The Morgan fingerprint density at radius 2 is 1.86 bits per heavy atom. The topological polar surface area (TPSA) is 17.8 Å². The number of benzene rings is 1. The second-order valence-electron chi connectivity index (χ2n) is 4.51. The Labute approximate surface area is 146 Å². The van der Waals surface area contributed by atoms with Gasteiger partial charge >= 0.3 is 0 Å². The first kappa shape index (κ1) is 15.4. The van der Waals surface area contributed by atoms with Crippen LogP contribution in [0, 0.1) is 0 Å². The first-order valence-corrected chi connectivity index (χ1v) is 8.71.